The van der Waals surface area contributed by atoms with Gasteiger partial charge >= 0.3 is 6.09 Å². The van der Waals surface area contributed by atoms with E-state index >= 15 is 0 Å². The summed E-state index contributed by atoms with van der Waals surface area (Å²) in [7, 11) is 0. The van der Waals surface area contributed by atoms with E-state index in [1.807, 2.05) is 71.0 Å². The average Bonchev–Trinajstić information content (AvgIpc) is 3.75. The molecule has 240 valence electrons. The van der Waals surface area contributed by atoms with Crippen LogP contribution in [0.1, 0.15) is 57.6 Å². The van der Waals surface area contributed by atoms with Crippen molar-refractivity contribution in [3.8, 4) is 34.4 Å². The van der Waals surface area contributed by atoms with Crippen molar-refractivity contribution in [3.63, 3.8) is 0 Å². The van der Waals surface area contributed by atoms with Crippen LogP contribution in [0.2, 0.25) is 0 Å². The van der Waals surface area contributed by atoms with Crippen molar-refractivity contribution in [2.24, 2.45) is 0 Å². The first-order valence-electron chi connectivity index (χ1n) is 15.4. The third-order valence-corrected chi connectivity index (χ3v) is 7.58. The third kappa shape index (κ3) is 9.04. The van der Waals surface area contributed by atoms with E-state index in [-0.39, 0.29) is 12.2 Å². The summed E-state index contributed by atoms with van der Waals surface area (Å²) < 4.78 is 28.1. The Morgan fingerprint density at radius 3 is 1.73 bits per heavy atom. The zero-order valence-electron chi connectivity index (χ0n) is 26.6. The van der Waals surface area contributed by atoms with Crippen LogP contribution < -0.4 is 14.8 Å². The number of carbonyl (C=O) groups is 1. The van der Waals surface area contributed by atoms with Gasteiger partial charge in [-0.15, -0.1) is 20.4 Å². The van der Waals surface area contributed by atoms with Crippen molar-refractivity contribution in [2.75, 3.05) is 26.2 Å². The number of nitrogens with zero attached hydrogens (tertiary/aromatic N) is 5. The lowest BCUT2D eigenvalue weighted by atomic mass is 10.1. The second kappa shape index (κ2) is 14.6. The normalized spacial score (nSPS) is 16.1. The number of ether oxygens (including phenoxy) is 3. The fourth-order valence-corrected chi connectivity index (χ4v) is 5.17. The Morgan fingerprint density at radius 1 is 0.800 bits per heavy atom. The Hall–Kier alpha value is -4.45. The van der Waals surface area contributed by atoms with E-state index in [1.54, 1.807) is 4.90 Å². The first kappa shape index (κ1) is 32.0. The van der Waals surface area contributed by atoms with E-state index in [2.05, 4.69) is 25.7 Å². The van der Waals surface area contributed by atoms with Gasteiger partial charge in [0.15, 0.2) is 0 Å². The summed E-state index contributed by atoms with van der Waals surface area (Å²) in [6.45, 7) is 12.9. The number of carbonyl (C=O) groups excluding carboxylic acids is 1. The van der Waals surface area contributed by atoms with Crippen LogP contribution in [0.3, 0.4) is 0 Å². The molecule has 0 spiro atoms. The smallest absolute Gasteiger partial charge is 0.410 e. The van der Waals surface area contributed by atoms with Crippen LogP contribution in [0.5, 0.6) is 11.5 Å². The first-order valence-corrected chi connectivity index (χ1v) is 15.4. The second-order valence-electron chi connectivity index (χ2n) is 12.3. The lowest BCUT2D eigenvalue weighted by Crippen LogP contribution is -2.44. The maximum absolute atomic E-state index is 12.1. The number of nitrogens with one attached hydrogen (secondary N) is 1. The van der Waals surface area contributed by atoms with Crippen molar-refractivity contribution in [1.82, 2.24) is 30.6 Å². The highest BCUT2D eigenvalue weighted by atomic mass is 16.6. The molecule has 0 saturated carbocycles. The van der Waals surface area contributed by atoms with Gasteiger partial charge in [-0.25, -0.2) is 4.79 Å². The van der Waals surface area contributed by atoms with E-state index in [0.717, 1.165) is 72.5 Å². The van der Waals surface area contributed by atoms with Gasteiger partial charge < -0.3 is 33.3 Å². The van der Waals surface area contributed by atoms with Crippen LogP contribution >= 0.6 is 0 Å². The fourth-order valence-electron chi connectivity index (χ4n) is 5.17. The minimum absolute atomic E-state index is 0.0620. The van der Waals surface area contributed by atoms with Gasteiger partial charge in [-0.1, -0.05) is 12.1 Å². The van der Waals surface area contributed by atoms with Crippen LogP contribution in [0.15, 0.2) is 58.0 Å². The summed E-state index contributed by atoms with van der Waals surface area (Å²) >= 11 is 0. The molecule has 0 unspecified atom stereocenters. The molecule has 0 bridgehead atoms. The molecule has 6 rings (SSSR count). The van der Waals surface area contributed by atoms with Gasteiger partial charge in [0.2, 0.25) is 24.6 Å². The number of benzene rings is 2. The molecule has 2 fully saturated rings. The predicted molar refractivity (Wildman–Crippen MR) is 167 cm³/mol. The standard InChI is InChI=1S/C19H25N3O4.C14H17N3O2/c1-13-5-6-15(11-16(13)17-21-20-12-24-17)25-14-7-9-22(10-8-14)18(23)26-19(2,3)4;1-10-2-3-12(19-11-4-6-15-7-5-11)8-13(10)14-17-16-9-18-14/h5-6,11-12,14H,7-10H2,1-4H3;2-3,8-9,11,15H,4-7H2,1H3. The van der Waals surface area contributed by atoms with Crippen LogP contribution in [-0.4, -0.2) is 75.4 Å². The number of hydrogen-bond acceptors (Lipinski definition) is 11. The molecule has 45 heavy (non-hydrogen) atoms. The van der Waals surface area contributed by atoms with Gasteiger partial charge in [0.25, 0.3) is 0 Å². The molecule has 0 atom stereocenters. The summed E-state index contributed by atoms with van der Waals surface area (Å²) in [5, 5.41) is 18.7. The van der Waals surface area contributed by atoms with Crippen molar-refractivity contribution in [3.05, 3.63) is 60.3 Å². The Labute approximate surface area is 263 Å². The molecular formula is C33H42N6O6. The van der Waals surface area contributed by atoms with Gasteiger partial charge in [0.1, 0.15) is 29.3 Å². The minimum Gasteiger partial charge on any atom is -0.490 e. The zero-order valence-corrected chi connectivity index (χ0v) is 26.6. The maximum atomic E-state index is 12.1. The van der Waals surface area contributed by atoms with E-state index in [9.17, 15) is 4.79 Å². The number of rotatable bonds is 6. The molecule has 2 aromatic heterocycles. The number of aromatic nitrogens is 4. The quantitative estimate of drug-likeness (QED) is 0.272. The van der Waals surface area contributed by atoms with Crippen molar-refractivity contribution >= 4 is 6.09 Å². The van der Waals surface area contributed by atoms with Gasteiger partial charge in [-0.2, -0.15) is 0 Å². The highest BCUT2D eigenvalue weighted by molar-refractivity contribution is 5.68. The SMILES string of the molecule is Cc1ccc(OC2CCN(C(=O)OC(C)(C)C)CC2)cc1-c1nnco1.Cc1ccc(OC2CCNCC2)cc1-c1nnco1. The fraction of sp³-hybridized carbons (Fsp3) is 0.485. The molecule has 1 amide bonds. The van der Waals surface area contributed by atoms with E-state index in [1.165, 1.54) is 12.8 Å². The molecule has 12 heteroatoms. The van der Waals surface area contributed by atoms with Crippen LogP contribution in [0, 0.1) is 13.8 Å². The average molecular weight is 619 g/mol. The molecule has 1 N–H and O–H groups in total. The molecular weight excluding hydrogens is 576 g/mol. The van der Waals surface area contributed by atoms with E-state index in [4.69, 9.17) is 23.0 Å². The van der Waals surface area contributed by atoms with Crippen molar-refractivity contribution in [1.29, 1.82) is 0 Å². The van der Waals surface area contributed by atoms with Crippen LogP contribution in [-0.2, 0) is 4.74 Å². The van der Waals surface area contributed by atoms with E-state index in [0.29, 0.717) is 31.0 Å². The first-order chi connectivity index (χ1) is 21.6. The molecule has 0 aliphatic carbocycles. The highest BCUT2D eigenvalue weighted by Gasteiger charge is 2.28. The lowest BCUT2D eigenvalue weighted by Gasteiger charge is -2.33. The predicted octanol–water partition coefficient (Wildman–Crippen LogP) is 6.00. The Bertz CT molecular complexity index is 1510. The highest BCUT2D eigenvalue weighted by Crippen LogP contribution is 2.29. The zero-order chi connectivity index (χ0) is 31.8. The molecule has 2 saturated heterocycles. The number of amides is 1. The maximum Gasteiger partial charge on any atom is 0.410 e. The summed E-state index contributed by atoms with van der Waals surface area (Å²) in [4.78, 5) is 13.9. The number of piperidine rings is 2. The molecule has 4 heterocycles. The van der Waals surface area contributed by atoms with Crippen LogP contribution in [0.4, 0.5) is 4.79 Å². The lowest BCUT2D eigenvalue weighted by molar-refractivity contribution is 0.0126. The number of likely N-dealkylation sites (tertiary alicyclic amines) is 1. The summed E-state index contributed by atoms with van der Waals surface area (Å²) in [6.07, 6.45) is 6.37. The van der Waals surface area contributed by atoms with Gasteiger partial charge in [0, 0.05) is 37.1 Å². The second-order valence-corrected chi connectivity index (χ2v) is 12.3. The Kier molecular flexibility index (Phi) is 10.3. The Morgan fingerprint density at radius 2 is 1.29 bits per heavy atom. The monoisotopic (exact) mass is 618 g/mol. The van der Waals surface area contributed by atoms with Gasteiger partial charge in [-0.05, 0) is 95.9 Å². The number of aryl methyl sites for hydroxylation is 2. The molecule has 2 aliphatic heterocycles. The minimum atomic E-state index is -0.475. The molecule has 2 aliphatic rings. The molecule has 4 aromatic rings. The molecule has 0 radical (unpaired) electrons. The summed E-state index contributed by atoms with van der Waals surface area (Å²) in [5.41, 5.74) is 3.47. The summed E-state index contributed by atoms with van der Waals surface area (Å²) in [6, 6.07) is 11.8. The summed E-state index contributed by atoms with van der Waals surface area (Å²) in [5.74, 6) is 2.64. The Balaban J connectivity index is 0.000000186. The van der Waals surface area contributed by atoms with Crippen molar-refractivity contribution < 1.29 is 27.8 Å². The largest absolute Gasteiger partial charge is 0.490 e. The van der Waals surface area contributed by atoms with Crippen LogP contribution in [0.25, 0.3) is 22.9 Å². The van der Waals surface area contributed by atoms with Gasteiger partial charge in [0.05, 0.1) is 0 Å². The topological polar surface area (TPSA) is 138 Å². The third-order valence-electron chi connectivity index (χ3n) is 7.58. The van der Waals surface area contributed by atoms with E-state index < -0.39 is 5.60 Å². The van der Waals surface area contributed by atoms with Gasteiger partial charge in [-0.3, -0.25) is 0 Å². The molecule has 12 nitrogen and oxygen atoms in total. The van der Waals surface area contributed by atoms with Crippen molar-refractivity contribution in [2.45, 2.75) is 78.1 Å². The number of hydrogen-bond donors (Lipinski definition) is 1. The molecule has 2 aromatic carbocycles.